The molecular formula is C22H29N5O7. The van der Waals surface area contributed by atoms with Gasteiger partial charge in [0, 0.05) is 7.11 Å². The van der Waals surface area contributed by atoms with Crippen molar-refractivity contribution in [3.8, 4) is 17.2 Å². The Hall–Kier alpha value is -3.19. The Morgan fingerprint density at radius 2 is 1.74 bits per heavy atom. The van der Waals surface area contributed by atoms with Crippen LogP contribution < -0.4 is 19.5 Å². The van der Waals surface area contributed by atoms with Crippen LogP contribution in [0.5, 0.6) is 17.2 Å². The maximum absolute atomic E-state index is 10.5. The summed E-state index contributed by atoms with van der Waals surface area (Å²) in [5, 5.41) is 24.2. The highest BCUT2D eigenvalue weighted by Gasteiger charge is 2.44. The van der Waals surface area contributed by atoms with Crippen molar-refractivity contribution < 1.29 is 33.9 Å². The zero-order valence-corrected chi connectivity index (χ0v) is 19.6. The summed E-state index contributed by atoms with van der Waals surface area (Å²) in [7, 11) is 6.18. The minimum Gasteiger partial charge on any atom is -0.493 e. The molecule has 0 saturated carbocycles. The molecule has 3 heterocycles. The molecule has 1 saturated heterocycles. The molecule has 2 aromatic heterocycles. The molecule has 2 unspecified atom stereocenters. The average Bonchev–Trinajstić information content (AvgIpc) is 3.40. The molecule has 1 aliphatic rings. The van der Waals surface area contributed by atoms with Crippen LogP contribution in [0.15, 0.2) is 24.8 Å². The van der Waals surface area contributed by atoms with Crippen LogP contribution in [-0.2, 0) is 9.47 Å². The van der Waals surface area contributed by atoms with E-state index in [0.717, 1.165) is 5.56 Å². The van der Waals surface area contributed by atoms with E-state index in [1.54, 1.807) is 25.9 Å². The summed E-state index contributed by atoms with van der Waals surface area (Å²) in [4.78, 5) is 13.1. The normalized spacial score (nSPS) is 23.1. The van der Waals surface area contributed by atoms with E-state index < -0.39 is 24.5 Å². The molecule has 0 spiro atoms. The van der Waals surface area contributed by atoms with E-state index in [0.29, 0.717) is 34.2 Å². The first-order valence-electron chi connectivity index (χ1n) is 10.7. The van der Waals surface area contributed by atoms with Crippen molar-refractivity contribution in [1.82, 2.24) is 19.5 Å². The number of aliphatic hydroxyl groups is 2. The van der Waals surface area contributed by atoms with Crippen LogP contribution in [-0.4, -0.2) is 83.1 Å². The van der Waals surface area contributed by atoms with Crippen LogP contribution in [0.4, 0.5) is 5.82 Å². The molecule has 4 rings (SSSR count). The Bertz CT molecular complexity index is 1120. The Kier molecular flexibility index (Phi) is 7.03. The van der Waals surface area contributed by atoms with Gasteiger partial charge >= 0.3 is 0 Å². The number of imidazole rings is 1. The number of ether oxygens (including phenoxy) is 5. The molecule has 0 radical (unpaired) electrons. The quantitative estimate of drug-likeness (QED) is 0.412. The highest BCUT2D eigenvalue weighted by Crippen LogP contribution is 2.40. The Labute approximate surface area is 196 Å². The molecule has 1 aliphatic heterocycles. The molecule has 0 aliphatic carbocycles. The van der Waals surface area contributed by atoms with E-state index >= 15 is 0 Å². The monoisotopic (exact) mass is 475 g/mol. The van der Waals surface area contributed by atoms with Crippen molar-refractivity contribution in [3.05, 3.63) is 30.4 Å². The molecule has 12 nitrogen and oxygen atoms in total. The Morgan fingerprint density at radius 3 is 2.35 bits per heavy atom. The number of aliphatic hydroxyl groups excluding tert-OH is 2. The summed E-state index contributed by atoms with van der Waals surface area (Å²) in [6.07, 6.45) is -0.888. The van der Waals surface area contributed by atoms with Crippen LogP contribution in [0.25, 0.3) is 11.2 Å². The summed E-state index contributed by atoms with van der Waals surface area (Å²) in [6.45, 7) is 2.11. The van der Waals surface area contributed by atoms with Crippen molar-refractivity contribution >= 4 is 17.0 Å². The summed E-state index contributed by atoms with van der Waals surface area (Å²) in [6, 6.07) is 3.50. The molecule has 0 bridgehead atoms. The van der Waals surface area contributed by atoms with Gasteiger partial charge in [0.15, 0.2) is 34.7 Å². The predicted octanol–water partition coefficient (Wildman–Crippen LogP) is 1.29. The fourth-order valence-electron chi connectivity index (χ4n) is 4.04. The fourth-order valence-corrected chi connectivity index (χ4v) is 4.04. The number of nitrogens with one attached hydrogen (secondary N) is 1. The number of nitrogens with zero attached hydrogens (tertiary/aromatic N) is 4. The van der Waals surface area contributed by atoms with Gasteiger partial charge in [0.2, 0.25) is 5.75 Å². The molecule has 5 atom stereocenters. The second kappa shape index (κ2) is 9.97. The molecule has 12 heteroatoms. The number of anilines is 1. The minimum absolute atomic E-state index is 0.148. The maximum atomic E-state index is 10.5. The first kappa shape index (κ1) is 24.0. The molecule has 34 heavy (non-hydrogen) atoms. The van der Waals surface area contributed by atoms with E-state index in [4.69, 9.17) is 23.7 Å². The predicted molar refractivity (Wildman–Crippen MR) is 121 cm³/mol. The van der Waals surface area contributed by atoms with Gasteiger partial charge in [-0.15, -0.1) is 0 Å². The number of hydrogen-bond donors (Lipinski definition) is 3. The van der Waals surface area contributed by atoms with Crippen molar-refractivity contribution in [3.63, 3.8) is 0 Å². The highest BCUT2D eigenvalue weighted by atomic mass is 16.6. The lowest BCUT2D eigenvalue weighted by atomic mass is 10.1. The summed E-state index contributed by atoms with van der Waals surface area (Å²) >= 11 is 0. The van der Waals surface area contributed by atoms with E-state index in [-0.39, 0.29) is 12.6 Å². The van der Waals surface area contributed by atoms with Gasteiger partial charge < -0.3 is 39.2 Å². The topological polar surface area (TPSA) is 142 Å². The number of aromatic nitrogens is 4. The zero-order valence-electron chi connectivity index (χ0n) is 19.6. The van der Waals surface area contributed by atoms with Gasteiger partial charge in [-0.3, -0.25) is 4.57 Å². The molecular weight excluding hydrogens is 446 g/mol. The lowest BCUT2D eigenvalue weighted by molar-refractivity contribution is -0.0580. The molecule has 3 aromatic rings. The van der Waals surface area contributed by atoms with Crippen LogP contribution in [0, 0.1) is 0 Å². The fraction of sp³-hybridized carbons (Fsp3) is 0.500. The van der Waals surface area contributed by atoms with Crippen molar-refractivity contribution in [2.24, 2.45) is 0 Å². The van der Waals surface area contributed by atoms with Gasteiger partial charge in [0.05, 0.1) is 40.3 Å². The maximum Gasteiger partial charge on any atom is 0.203 e. The van der Waals surface area contributed by atoms with Crippen LogP contribution in [0.1, 0.15) is 24.8 Å². The van der Waals surface area contributed by atoms with Gasteiger partial charge in [-0.05, 0) is 24.6 Å². The first-order valence-corrected chi connectivity index (χ1v) is 10.7. The lowest BCUT2D eigenvalue weighted by Crippen LogP contribution is -2.33. The van der Waals surface area contributed by atoms with Crippen LogP contribution in [0.2, 0.25) is 0 Å². The highest BCUT2D eigenvalue weighted by molar-refractivity contribution is 5.83. The lowest BCUT2D eigenvalue weighted by Gasteiger charge is -2.19. The molecule has 3 N–H and O–H groups in total. The third kappa shape index (κ3) is 4.20. The second-order valence-corrected chi connectivity index (χ2v) is 7.87. The third-order valence-corrected chi connectivity index (χ3v) is 5.84. The van der Waals surface area contributed by atoms with E-state index in [1.165, 1.54) is 19.8 Å². The molecule has 0 amide bonds. The molecule has 1 fully saturated rings. The molecule has 184 valence electrons. The third-order valence-electron chi connectivity index (χ3n) is 5.84. The zero-order chi connectivity index (χ0) is 24.4. The second-order valence-electron chi connectivity index (χ2n) is 7.87. The largest absolute Gasteiger partial charge is 0.493 e. The minimum atomic E-state index is -1.16. The van der Waals surface area contributed by atoms with E-state index in [2.05, 4.69) is 20.3 Å². The summed E-state index contributed by atoms with van der Waals surface area (Å²) in [5.41, 5.74) is 1.81. The van der Waals surface area contributed by atoms with Gasteiger partial charge in [-0.1, -0.05) is 0 Å². The Morgan fingerprint density at radius 1 is 1.03 bits per heavy atom. The van der Waals surface area contributed by atoms with Gasteiger partial charge in [0.1, 0.15) is 24.6 Å². The summed E-state index contributed by atoms with van der Waals surface area (Å²) < 4.78 is 28.8. The number of benzene rings is 1. The van der Waals surface area contributed by atoms with E-state index in [9.17, 15) is 10.2 Å². The van der Waals surface area contributed by atoms with Gasteiger partial charge in [-0.25, -0.2) is 15.0 Å². The van der Waals surface area contributed by atoms with Crippen molar-refractivity contribution in [2.75, 3.05) is 40.4 Å². The summed E-state index contributed by atoms with van der Waals surface area (Å²) in [5.74, 6) is 2.08. The van der Waals surface area contributed by atoms with Crippen LogP contribution in [0.3, 0.4) is 0 Å². The number of fused-ring (bicyclic) bond motifs is 1. The number of hydrogen-bond acceptors (Lipinski definition) is 11. The van der Waals surface area contributed by atoms with Gasteiger partial charge in [0.25, 0.3) is 0 Å². The number of rotatable bonds is 9. The van der Waals surface area contributed by atoms with Gasteiger partial charge in [-0.2, -0.15) is 0 Å². The molecule has 1 aromatic carbocycles. The first-order chi connectivity index (χ1) is 16.4. The van der Waals surface area contributed by atoms with E-state index in [1.807, 2.05) is 19.1 Å². The Balaban J connectivity index is 1.63. The number of methoxy groups -OCH3 is 4. The van der Waals surface area contributed by atoms with Crippen molar-refractivity contribution in [1.29, 1.82) is 0 Å². The SMILES string of the molecule is COC[C@H]1O[C@@H](n2cnc3c(NC(C)c4cc(OC)c(OC)c(OC)c4)ncnc32)C(O)[C@H]1O. The van der Waals surface area contributed by atoms with Crippen molar-refractivity contribution in [2.45, 2.75) is 37.5 Å². The van der Waals surface area contributed by atoms with Crippen LogP contribution >= 0.6 is 0 Å². The average molecular weight is 476 g/mol. The smallest absolute Gasteiger partial charge is 0.203 e. The standard InChI is InChI=1S/C22H29N5O7/c1-11(12-6-13(31-3)19(33-5)14(7-12)32-4)26-20-16-21(24-9-23-20)27(10-25-16)22-18(29)17(28)15(34-22)8-30-2/h6-7,9-11,15,17-18,22,28-29H,8H2,1-5H3,(H,23,24,26)/t11?,15-,17+,18?,22-/m1/s1.